The Morgan fingerprint density at radius 1 is 1.03 bits per heavy atom. The van der Waals surface area contributed by atoms with E-state index in [1.165, 1.54) is 19.1 Å². The molecule has 4 rings (SSSR count). The standard InChI is InChI=1S/C24H24F4N6O2/c1-16(35)33-8-10-34(11-9-33)20-4-2-17(12-19(20)25)13-30-22-6-7-23(32-31-22)36-15-18-3-5-21(29-14-18)24(26,27)28/h2-7,12,14H,8-11,13,15H2,1H3,(H,30,31). The number of pyridine rings is 1. The first-order valence-electron chi connectivity index (χ1n) is 11.2. The van der Waals surface area contributed by atoms with Crippen LogP contribution in [0.15, 0.2) is 48.7 Å². The Morgan fingerprint density at radius 3 is 2.36 bits per heavy atom. The van der Waals surface area contributed by atoms with E-state index < -0.39 is 11.9 Å². The Labute approximate surface area is 204 Å². The molecule has 0 radical (unpaired) electrons. The monoisotopic (exact) mass is 504 g/mol. The van der Waals surface area contributed by atoms with Crippen molar-refractivity contribution in [2.24, 2.45) is 0 Å². The SMILES string of the molecule is CC(=O)N1CCN(c2ccc(CNc3ccc(OCc4ccc(C(F)(F)F)nc4)nn3)cc2F)CC1. The first kappa shape index (κ1) is 25.1. The zero-order valence-electron chi connectivity index (χ0n) is 19.4. The molecule has 0 spiro atoms. The van der Waals surface area contributed by atoms with Gasteiger partial charge in [0.1, 0.15) is 23.9 Å². The summed E-state index contributed by atoms with van der Waals surface area (Å²) in [6, 6.07) is 10.4. The van der Waals surface area contributed by atoms with Crippen molar-refractivity contribution in [2.45, 2.75) is 26.3 Å². The Morgan fingerprint density at radius 2 is 1.78 bits per heavy atom. The van der Waals surface area contributed by atoms with Crippen LogP contribution in [0.2, 0.25) is 0 Å². The lowest BCUT2D eigenvalue weighted by molar-refractivity contribution is -0.141. The number of carbonyl (C=O) groups excluding carboxylic acids is 1. The first-order valence-corrected chi connectivity index (χ1v) is 11.2. The molecule has 1 aromatic carbocycles. The number of nitrogens with zero attached hydrogens (tertiary/aromatic N) is 5. The minimum atomic E-state index is -4.49. The zero-order chi connectivity index (χ0) is 25.7. The maximum Gasteiger partial charge on any atom is 0.433 e. The molecule has 1 amide bonds. The molecule has 36 heavy (non-hydrogen) atoms. The molecule has 12 heteroatoms. The van der Waals surface area contributed by atoms with Crippen molar-refractivity contribution in [2.75, 3.05) is 36.4 Å². The van der Waals surface area contributed by atoms with E-state index in [2.05, 4.69) is 20.5 Å². The highest BCUT2D eigenvalue weighted by atomic mass is 19.4. The predicted molar refractivity (Wildman–Crippen MR) is 124 cm³/mol. The highest BCUT2D eigenvalue weighted by molar-refractivity contribution is 5.73. The lowest BCUT2D eigenvalue weighted by Gasteiger charge is -2.35. The smallest absolute Gasteiger partial charge is 0.433 e. The van der Waals surface area contributed by atoms with Crippen LogP contribution in [0.4, 0.5) is 29.1 Å². The number of carbonyl (C=O) groups is 1. The number of ether oxygens (including phenoxy) is 1. The maximum absolute atomic E-state index is 14.7. The molecule has 1 aliphatic heterocycles. The topological polar surface area (TPSA) is 83.5 Å². The summed E-state index contributed by atoms with van der Waals surface area (Å²) in [4.78, 5) is 18.5. The van der Waals surface area contributed by atoms with Crippen LogP contribution in [0.25, 0.3) is 0 Å². The molecule has 0 aliphatic carbocycles. The number of hydrogen-bond acceptors (Lipinski definition) is 7. The fourth-order valence-electron chi connectivity index (χ4n) is 3.70. The van der Waals surface area contributed by atoms with Gasteiger partial charge in [-0.1, -0.05) is 12.1 Å². The van der Waals surface area contributed by atoms with Gasteiger partial charge in [-0.25, -0.2) is 4.39 Å². The number of anilines is 2. The van der Waals surface area contributed by atoms with Crippen LogP contribution >= 0.6 is 0 Å². The van der Waals surface area contributed by atoms with Gasteiger partial charge in [-0.3, -0.25) is 9.78 Å². The van der Waals surface area contributed by atoms with Crippen LogP contribution in [0.3, 0.4) is 0 Å². The summed E-state index contributed by atoms with van der Waals surface area (Å²) in [5.74, 6) is 0.331. The second kappa shape index (κ2) is 10.8. The van der Waals surface area contributed by atoms with E-state index in [1.807, 2.05) is 11.0 Å². The molecule has 1 saturated heterocycles. The molecule has 0 atom stereocenters. The van der Waals surface area contributed by atoms with Gasteiger partial charge >= 0.3 is 6.18 Å². The van der Waals surface area contributed by atoms with Crippen molar-refractivity contribution < 1.29 is 27.1 Å². The number of alkyl halides is 3. The summed E-state index contributed by atoms with van der Waals surface area (Å²) < 4.78 is 57.9. The number of halogens is 4. The number of hydrogen-bond donors (Lipinski definition) is 1. The number of nitrogens with one attached hydrogen (secondary N) is 1. The van der Waals surface area contributed by atoms with Crippen molar-refractivity contribution in [1.82, 2.24) is 20.1 Å². The van der Waals surface area contributed by atoms with Gasteiger partial charge in [0.15, 0.2) is 0 Å². The van der Waals surface area contributed by atoms with Crippen LogP contribution in [0.5, 0.6) is 5.88 Å². The second-order valence-corrected chi connectivity index (χ2v) is 8.23. The molecular formula is C24H24F4N6O2. The first-order chi connectivity index (χ1) is 17.2. The summed E-state index contributed by atoms with van der Waals surface area (Å²) in [5.41, 5.74) is 0.712. The normalized spacial score (nSPS) is 14.0. The van der Waals surface area contributed by atoms with Crippen LogP contribution < -0.4 is 15.0 Å². The minimum Gasteiger partial charge on any atom is -0.472 e. The summed E-state index contributed by atoms with van der Waals surface area (Å²) in [5, 5.41) is 11.0. The molecule has 3 aromatic rings. The molecule has 190 valence electrons. The zero-order valence-corrected chi connectivity index (χ0v) is 19.4. The number of amides is 1. The molecule has 8 nitrogen and oxygen atoms in total. The Bertz CT molecular complexity index is 1180. The van der Waals surface area contributed by atoms with Crippen LogP contribution in [0, 0.1) is 5.82 Å². The molecule has 0 bridgehead atoms. The lowest BCUT2D eigenvalue weighted by atomic mass is 10.1. The third-order valence-corrected chi connectivity index (χ3v) is 5.69. The third kappa shape index (κ3) is 6.37. The number of rotatable bonds is 7. The molecule has 2 aromatic heterocycles. The number of piperazine rings is 1. The van der Waals surface area contributed by atoms with E-state index >= 15 is 0 Å². The maximum atomic E-state index is 14.7. The van der Waals surface area contributed by atoms with Gasteiger partial charge in [-0.2, -0.15) is 13.2 Å². The highest BCUT2D eigenvalue weighted by Crippen LogP contribution is 2.27. The van der Waals surface area contributed by atoms with Gasteiger partial charge in [0, 0.05) is 57.5 Å². The highest BCUT2D eigenvalue weighted by Gasteiger charge is 2.32. The quantitative estimate of drug-likeness (QED) is 0.489. The van der Waals surface area contributed by atoms with Crippen molar-refractivity contribution in [3.8, 4) is 5.88 Å². The van der Waals surface area contributed by atoms with Gasteiger partial charge in [0.2, 0.25) is 11.8 Å². The number of benzene rings is 1. The number of aromatic nitrogens is 3. The summed E-state index contributed by atoms with van der Waals surface area (Å²) in [6.07, 6.45) is -3.39. The molecule has 0 saturated carbocycles. The average molecular weight is 504 g/mol. The van der Waals surface area contributed by atoms with E-state index in [4.69, 9.17) is 4.74 Å². The molecule has 0 unspecified atom stereocenters. The average Bonchev–Trinajstić information content (AvgIpc) is 2.87. The Balaban J connectivity index is 1.26. The van der Waals surface area contributed by atoms with Crippen molar-refractivity contribution in [1.29, 1.82) is 0 Å². The van der Waals surface area contributed by atoms with Crippen molar-refractivity contribution in [3.63, 3.8) is 0 Å². The van der Waals surface area contributed by atoms with Crippen LogP contribution in [0.1, 0.15) is 23.7 Å². The molecular weight excluding hydrogens is 480 g/mol. The fraction of sp³-hybridized carbons (Fsp3) is 0.333. The van der Waals surface area contributed by atoms with Gasteiger partial charge < -0.3 is 19.9 Å². The predicted octanol–water partition coefficient (Wildman–Crippen LogP) is 3.89. The van der Waals surface area contributed by atoms with Gasteiger partial charge in [-0.15, -0.1) is 10.2 Å². The lowest BCUT2D eigenvalue weighted by Crippen LogP contribution is -2.48. The van der Waals surface area contributed by atoms with Crippen LogP contribution in [-0.4, -0.2) is 52.2 Å². The fourth-order valence-corrected chi connectivity index (χ4v) is 3.70. The largest absolute Gasteiger partial charge is 0.472 e. The van der Waals surface area contributed by atoms with Crippen molar-refractivity contribution >= 4 is 17.4 Å². The van der Waals surface area contributed by atoms with Crippen LogP contribution in [-0.2, 0) is 24.1 Å². The van der Waals surface area contributed by atoms with Gasteiger partial charge in [-0.05, 0) is 29.8 Å². The summed E-state index contributed by atoms with van der Waals surface area (Å²) in [7, 11) is 0. The molecule has 1 N–H and O–H groups in total. The van der Waals surface area contributed by atoms with Gasteiger partial charge in [0.25, 0.3) is 0 Å². The minimum absolute atomic E-state index is 0.0119. The molecule has 1 fully saturated rings. The summed E-state index contributed by atoms with van der Waals surface area (Å²) >= 11 is 0. The molecule has 1 aliphatic rings. The van der Waals surface area contributed by atoms with E-state index in [0.717, 1.165) is 17.8 Å². The van der Waals surface area contributed by atoms with Gasteiger partial charge in [0.05, 0.1) is 5.69 Å². The Hall–Kier alpha value is -3.96. The molecule has 3 heterocycles. The van der Waals surface area contributed by atoms with E-state index in [1.54, 1.807) is 23.1 Å². The van der Waals surface area contributed by atoms with Crippen molar-refractivity contribution in [3.05, 3.63) is 71.3 Å². The Kier molecular flexibility index (Phi) is 7.51. The summed E-state index contributed by atoms with van der Waals surface area (Å²) in [6.45, 7) is 4.13. The van der Waals surface area contributed by atoms with E-state index in [0.29, 0.717) is 49.8 Å². The van der Waals surface area contributed by atoms with E-state index in [-0.39, 0.29) is 24.2 Å². The second-order valence-electron chi connectivity index (χ2n) is 8.23. The third-order valence-electron chi connectivity index (χ3n) is 5.69. The van der Waals surface area contributed by atoms with E-state index in [9.17, 15) is 22.4 Å².